The number of benzene rings is 1. The van der Waals surface area contributed by atoms with E-state index >= 15 is 0 Å². The van der Waals surface area contributed by atoms with Crippen molar-refractivity contribution >= 4 is 39.1 Å². The molecule has 0 saturated heterocycles. The molecule has 0 aliphatic carbocycles. The van der Waals surface area contributed by atoms with E-state index in [1.54, 1.807) is 10.6 Å². The molecule has 0 saturated carbocycles. The average molecular weight is 463 g/mol. The fraction of sp³-hybridized carbons (Fsp3) is 0.300. The molecule has 0 radical (unpaired) electrons. The van der Waals surface area contributed by atoms with Crippen LogP contribution in [0, 0.1) is 26.6 Å². The molecule has 1 amide bonds. The summed E-state index contributed by atoms with van der Waals surface area (Å²) in [6.07, 6.45) is 0.510. The van der Waals surface area contributed by atoms with E-state index in [0.29, 0.717) is 10.9 Å². The molecule has 152 valence electrons. The molecule has 2 aromatic heterocycles. The Kier molecular flexibility index (Phi) is 6.26. The number of esters is 1. The van der Waals surface area contributed by atoms with Crippen molar-refractivity contribution in [3.05, 3.63) is 57.2 Å². The molecule has 29 heavy (non-hydrogen) atoms. The van der Waals surface area contributed by atoms with E-state index < -0.39 is 24.3 Å². The van der Waals surface area contributed by atoms with Crippen LogP contribution >= 0.6 is 15.9 Å². The lowest BCUT2D eigenvalue weighted by molar-refractivity contribution is -0.147. The molecule has 3 aromatic rings. The van der Waals surface area contributed by atoms with Gasteiger partial charge in [0.2, 0.25) is 0 Å². The van der Waals surface area contributed by atoms with Gasteiger partial charge in [-0.1, -0.05) is 15.9 Å². The topological polar surface area (TPSA) is 85.6 Å². The molecule has 1 aromatic carbocycles. The number of carbonyl (C=O) groups is 2. The molecule has 2 heterocycles. The van der Waals surface area contributed by atoms with E-state index in [1.165, 1.54) is 12.1 Å². The summed E-state index contributed by atoms with van der Waals surface area (Å²) in [5.41, 5.74) is 4.31. The van der Waals surface area contributed by atoms with Gasteiger partial charge in [0.1, 0.15) is 5.82 Å². The summed E-state index contributed by atoms with van der Waals surface area (Å²) in [6.45, 7) is 5.22. The molecule has 0 aliphatic heterocycles. The minimum Gasteiger partial charge on any atom is -0.456 e. The van der Waals surface area contributed by atoms with Gasteiger partial charge >= 0.3 is 5.97 Å². The first-order chi connectivity index (χ1) is 13.7. The van der Waals surface area contributed by atoms with Crippen LogP contribution < -0.4 is 5.32 Å². The summed E-state index contributed by atoms with van der Waals surface area (Å²) in [5, 5.41) is 6.78. The van der Waals surface area contributed by atoms with Crippen molar-refractivity contribution in [3.8, 4) is 0 Å². The van der Waals surface area contributed by atoms with Crippen molar-refractivity contribution < 1.29 is 18.7 Å². The number of nitrogens with zero attached hydrogens (tertiary/aromatic N) is 3. The van der Waals surface area contributed by atoms with Gasteiger partial charge in [-0.2, -0.15) is 5.10 Å². The summed E-state index contributed by atoms with van der Waals surface area (Å²) >= 11 is 3.14. The minimum absolute atomic E-state index is 0.0226. The minimum atomic E-state index is -0.609. The SMILES string of the molecule is Cc1cc2nc(C)c(CCC(=O)OCC(=O)Nc3ccc(Br)cc3F)c(C)n2n1. The Morgan fingerprint density at radius 3 is 2.72 bits per heavy atom. The van der Waals surface area contributed by atoms with E-state index in [0.717, 1.165) is 28.3 Å². The lowest BCUT2D eigenvalue weighted by atomic mass is 10.1. The molecule has 0 unspecified atom stereocenters. The van der Waals surface area contributed by atoms with Crippen LogP contribution in [-0.2, 0) is 20.7 Å². The Bertz CT molecular complexity index is 1100. The number of carbonyl (C=O) groups excluding carboxylic acids is 2. The summed E-state index contributed by atoms with van der Waals surface area (Å²) in [6, 6.07) is 6.15. The Hall–Kier alpha value is -2.81. The molecular formula is C20H20BrFN4O3. The molecule has 0 atom stereocenters. The van der Waals surface area contributed by atoms with Crippen molar-refractivity contribution in [3.63, 3.8) is 0 Å². The first-order valence-electron chi connectivity index (χ1n) is 8.97. The molecule has 0 spiro atoms. The van der Waals surface area contributed by atoms with Crippen LogP contribution in [0.3, 0.4) is 0 Å². The third-order valence-corrected chi connectivity index (χ3v) is 4.93. The number of fused-ring (bicyclic) bond motifs is 1. The Morgan fingerprint density at radius 1 is 1.24 bits per heavy atom. The number of anilines is 1. The average Bonchev–Trinajstić information content (AvgIpc) is 3.02. The van der Waals surface area contributed by atoms with Gasteiger partial charge in [0, 0.05) is 28.3 Å². The second-order valence-corrected chi connectivity index (χ2v) is 7.57. The second kappa shape index (κ2) is 8.69. The van der Waals surface area contributed by atoms with Gasteiger partial charge in [-0.3, -0.25) is 9.59 Å². The number of aryl methyl sites for hydroxylation is 3. The fourth-order valence-corrected chi connectivity index (χ4v) is 3.36. The molecule has 9 heteroatoms. The van der Waals surface area contributed by atoms with Gasteiger partial charge in [-0.05, 0) is 51.0 Å². The van der Waals surface area contributed by atoms with Gasteiger partial charge in [-0.25, -0.2) is 13.9 Å². The van der Waals surface area contributed by atoms with E-state index in [1.807, 2.05) is 26.8 Å². The van der Waals surface area contributed by atoms with E-state index in [4.69, 9.17) is 4.74 Å². The molecule has 0 aliphatic rings. The predicted octanol–water partition coefficient (Wildman–Crippen LogP) is 3.67. The largest absolute Gasteiger partial charge is 0.456 e. The van der Waals surface area contributed by atoms with Crippen LogP contribution in [-0.4, -0.2) is 33.1 Å². The Labute approximate surface area is 175 Å². The van der Waals surface area contributed by atoms with E-state index in [-0.39, 0.29) is 12.1 Å². The van der Waals surface area contributed by atoms with Crippen LogP contribution in [0.25, 0.3) is 5.65 Å². The van der Waals surface area contributed by atoms with Crippen LogP contribution in [0.1, 0.15) is 29.1 Å². The standard InChI is InChI=1S/C20H20BrFN4O3/c1-11-8-18-23-12(2)15(13(3)26(18)25-11)5-7-20(28)29-10-19(27)24-17-6-4-14(21)9-16(17)22/h4,6,8-9H,5,7,10H2,1-3H3,(H,24,27). The molecule has 3 rings (SSSR count). The molecule has 1 N–H and O–H groups in total. The molecule has 0 bridgehead atoms. The fourth-order valence-electron chi connectivity index (χ4n) is 3.03. The third kappa shape index (κ3) is 4.97. The van der Waals surface area contributed by atoms with Gasteiger partial charge in [0.05, 0.1) is 11.4 Å². The maximum absolute atomic E-state index is 13.7. The highest BCUT2D eigenvalue weighted by Crippen LogP contribution is 2.19. The third-order valence-electron chi connectivity index (χ3n) is 4.43. The summed E-state index contributed by atoms with van der Waals surface area (Å²) in [4.78, 5) is 28.5. The van der Waals surface area contributed by atoms with Gasteiger partial charge < -0.3 is 10.1 Å². The maximum Gasteiger partial charge on any atom is 0.306 e. The zero-order chi connectivity index (χ0) is 21.1. The highest BCUT2D eigenvalue weighted by Gasteiger charge is 2.15. The van der Waals surface area contributed by atoms with Crippen LogP contribution in [0.15, 0.2) is 28.7 Å². The van der Waals surface area contributed by atoms with Crippen molar-refractivity contribution in [2.24, 2.45) is 0 Å². The number of halogens is 2. The smallest absolute Gasteiger partial charge is 0.306 e. The number of ether oxygens (including phenoxy) is 1. The summed E-state index contributed by atoms with van der Waals surface area (Å²) in [5.74, 6) is -1.71. The number of amides is 1. The number of nitrogens with one attached hydrogen (secondary N) is 1. The Morgan fingerprint density at radius 2 is 2.00 bits per heavy atom. The Balaban J connectivity index is 1.55. The van der Waals surface area contributed by atoms with Crippen LogP contribution in [0.2, 0.25) is 0 Å². The summed E-state index contributed by atoms with van der Waals surface area (Å²) < 4.78 is 21.1. The lowest BCUT2D eigenvalue weighted by Crippen LogP contribution is -2.21. The van der Waals surface area contributed by atoms with E-state index in [9.17, 15) is 14.0 Å². The first-order valence-corrected chi connectivity index (χ1v) is 9.77. The van der Waals surface area contributed by atoms with Crippen LogP contribution in [0.4, 0.5) is 10.1 Å². The highest BCUT2D eigenvalue weighted by atomic mass is 79.9. The lowest BCUT2D eigenvalue weighted by Gasteiger charge is -2.11. The number of hydrogen-bond acceptors (Lipinski definition) is 5. The molecule has 7 nitrogen and oxygen atoms in total. The van der Waals surface area contributed by atoms with Gasteiger partial charge in [0.15, 0.2) is 12.3 Å². The maximum atomic E-state index is 13.7. The monoisotopic (exact) mass is 462 g/mol. The van der Waals surface area contributed by atoms with Crippen LogP contribution in [0.5, 0.6) is 0 Å². The summed E-state index contributed by atoms with van der Waals surface area (Å²) in [7, 11) is 0. The zero-order valence-electron chi connectivity index (χ0n) is 16.3. The van der Waals surface area contributed by atoms with Gasteiger partial charge in [-0.15, -0.1) is 0 Å². The number of hydrogen-bond donors (Lipinski definition) is 1. The van der Waals surface area contributed by atoms with Crippen molar-refractivity contribution in [2.45, 2.75) is 33.6 Å². The first kappa shape index (κ1) is 20.9. The zero-order valence-corrected chi connectivity index (χ0v) is 17.8. The number of aromatic nitrogens is 3. The van der Waals surface area contributed by atoms with Crippen molar-refractivity contribution in [2.75, 3.05) is 11.9 Å². The molecule has 0 fully saturated rings. The van der Waals surface area contributed by atoms with E-state index in [2.05, 4.69) is 31.3 Å². The predicted molar refractivity (Wildman–Crippen MR) is 109 cm³/mol. The number of rotatable bonds is 6. The molecular weight excluding hydrogens is 443 g/mol. The quantitative estimate of drug-likeness (QED) is 0.564. The van der Waals surface area contributed by atoms with Crippen molar-refractivity contribution in [1.29, 1.82) is 0 Å². The van der Waals surface area contributed by atoms with Gasteiger partial charge in [0.25, 0.3) is 5.91 Å². The normalized spacial score (nSPS) is 10.9. The van der Waals surface area contributed by atoms with Crippen molar-refractivity contribution in [1.82, 2.24) is 14.6 Å². The second-order valence-electron chi connectivity index (χ2n) is 6.65. The highest BCUT2D eigenvalue weighted by molar-refractivity contribution is 9.10.